The Labute approximate surface area is 141 Å². The summed E-state index contributed by atoms with van der Waals surface area (Å²) < 4.78 is 38.2. The molecule has 2 aromatic rings. The van der Waals surface area contributed by atoms with E-state index >= 15 is 0 Å². The molecule has 1 heterocycles. The fourth-order valence-electron chi connectivity index (χ4n) is 3.42. The summed E-state index contributed by atoms with van der Waals surface area (Å²) in [5.74, 6) is 0.268. The highest BCUT2D eigenvalue weighted by Crippen LogP contribution is 2.35. The van der Waals surface area contributed by atoms with Crippen molar-refractivity contribution >= 4 is 5.69 Å². The van der Waals surface area contributed by atoms with Crippen LogP contribution in [0.25, 0.3) is 0 Å². The molecule has 0 aromatic heterocycles. The number of rotatable bonds is 2. The van der Waals surface area contributed by atoms with Gasteiger partial charge in [-0.25, -0.2) is 0 Å². The molecular formula is C20H22F3N. The molecule has 1 saturated heterocycles. The zero-order valence-corrected chi connectivity index (χ0v) is 14.0. The normalized spacial score (nSPS) is 21.8. The van der Waals surface area contributed by atoms with Crippen molar-refractivity contribution in [1.82, 2.24) is 0 Å². The maximum absolute atomic E-state index is 12.7. The van der Waals surface area contributed by atoms with E-state index in [0.717, 1.165) is 24.9 Å². The molecule has 0 bridgehead atoms. The molecule has 1 aliphatic rings. The van der Waals surface area contributed by atoms with E-state index < -0.39 is 11.7 Å². The highest BCUT2D eigenvalue weighted by Gasteiger charge is 2.31. The molecule has 0 aliphatic carbocycles. The number of hydrogen-bond donors (Lipinski definition) is 0. The number of halogens is 3. The first-order valence-electron chi connectivity index (χ1n) is 8.35. The fourth-order valence-corrected chi connectivity index (χ4v) is 3.42. The van der Waals surface area contributed by atoms with Crippen LogP contribution in [0.5, 0.6) is 0 Å². The molecule has 24 heavy (non-hydrogen) atoms. The van der Waals surface area contributed by atoms with E-state index in [1.807, 2.05) is 0 Å². The minimum absolute atomic E-state index is 0.268. The van der Waals surface area contributed by atoms with E-state index in [9.17, 15) is 13.2 Å². The highest BCUT2D eigenvalue weighted by atomic mass is 19.4. The van der Waals surface area contributed by atoms with Crippen LogP contribution in [0.15, 0.2) is 48.5 Å². The number of benzene rings is 2. The fraction of sp³-hybridized carbons (Fsp3) is 0.400. The van der Waals surface area contributed by atoms with Crippen LogP contribution in [-0.4, -0.2) is 12.6 Å². The quantitative estimate of drug-likeness (QED) is 0.673. The van der Waals surface area contributed by atoms with Crippen molar-refractivity contribution in [2.24, 2.45) is 0 Å². The molecule has 3 rings (SSSR count). The predicted molar refractivity (Wildman–Crippen MR) is 91.4 cm³/mol. The van der Waals surface area contributed by atoms with Gasteiger partial charge in [0, 0.05) is 24.2 Å². The molecule has 1 fully saturated rings. The van der Waals surface area contributed by atoms with Crippen molar-refractivity contribution in [3.05, 3.63) is 65.2 Å². The van der Waals surface area contributed by atoms with Crippen LogP contribution in [0.1, 0.15) is 42.4 Å². The Morgan fingerprint density at radius 3 is 2.12 bits per heavy atom. The Morgan fingerprint density at radius 1 is 0.917 bits per heavy atom. The third kappa shape index (κ3) is 3.58. The van der Waals surface area contributed by atoms with Crippen molar-refractivity contribution in [2.75, 3.05) is 11.4 Å². The summed E-state index contributed by atoms with van der Waals surface area (Å²) in [6.07, 6.45) is -2.22. The lowest BCUT2D eigenvalue weighted by Gasteiger charge is -2.40. The third-order valence-electron chi connectivity index (χ3n) is 4.96. The van der Waals surface area contributed by atoms with Gasteiger partial charge >= 0.3 is 6.18 Å². The second kappa shape index (κ2) is 6.50. The number of alkyl halides is 3. The Bertz CT molecular complexity index is 674. The van der Waals surface area contributed by atoms with Crippen LogP contribution >= 0.6 is 0 Å². The van der Waals surface area contributed by atoms with Crippen LogP contribution in [0.3, 0.4) is 0 Å². The molecule has 1 aliphatic heterocycles. The van der Waals surface area contributed by atoms with Crippen molar-refractivity contribution in [3.8, 4) is 0 Å². The minimum Gasteiger partial charge on any atom is -0.368 e. The van der Waals surface area contributed by atoms with Gasteiger partial charge in [0.1, 0.15) is 0 Å². The lowest BCUT2D eigenvalue weighted by Crippen LogP contribution is -2.41. The summed E-state index contributed by atoms with van der Waals surface area (Å²) in [5, 5.41) is 0. The molecule has 0 spiro atoms. The van der Waals surface area contributed by atoms with E-state index in [1.165, 1.54) is 23.4 Å². The summed E-state index contributed by atoms with van der Waals surface area (Å²) in [5.41, 5.74) is 2.82. The van der Waals surface area contributed by atoms with Gasteiger partial charge in [0.15, 0.2) is 0 Å². The molecule has 0 N–H and O–H groups in total. The van der Waals surface area contributed by atoms with E-state index in [1.54, 1.807) is 12.1 Å². The van der Waals surface area contributed by atoms with Gasteiger partial charge in [-0.1, -0.05) is 29.8 Å². The SMILES string of the molecule is Cc1ccc(N2CC(c3ccc(C(F)(F)F)cc3)CC[C@H]2C)cc1. The molecular weight excluding hydrogens is 311 g/mol. The standard InChI is InChI=1S/C20H22F3N/c1-14-3-11-19(12-4-14)24-13-17(6-5-15(24)2)16-7-9-18(10-8-16)20(21,22)23/h3-4,7-12,15,17H,5-6,13H2,1-2H3/t15-,17?/m1/s1. The Morgan fingerprint density at radius 2 is 1.54 bits per heavy atom. The topological polar surface area (TPSA) is 3.24 Å². The number of hydrogen-bond acceptors (Lipinski definition) is 1. The lowest BCUT2D eigenvalue weighted by molar-refractivity contribution is -0.137. The lowest BCUT2D eigenvalue weighted by atomic mass is 9.87. The largest absolute Gasteiger partial charge is 0.416 e. The molecule has 2 aromatic carbocycles. The second-order valence-electron chi connectivity index (χ2n) is 6.73. The molecule has 128 valence electrons. The zero-order chi connectivity index (χ0) is 17.3. The van der Waals surface area contributed by atoms with Gasteiger partial charge in [0.05, 0.1) is 5.56 Å². The average molecular weight is 333 g/mol. The van der Waals surface area contributed by atoms with Crippen molar-refractivity contribution in [1.29, 1.82) is 0 Å². The maximum Gasteiger partial charge on any atom is 0.416 e. The van der Waals surface area contributed by atoms with Crippen LogP contribution in [0.2, 0.25) is 0 Å². The second-order valence-corrected chi connectivity index (χ2v) is 6.73. The van der Waals surface area contributed by atoms with Gasteiger partial charge < -0.3 is 4.90 Å². The highest BCUT2D eigenvalue weighted by molar-refractivity contribution is 5.49. The maximum atomic E-state index is 12.7. The summed E-state index contributed by atoms with van der Waals surface area (Å²) in [7, 11) is 0. The smallest absolute Gasteiger partial charge is 0.368 e. The summed E-state index contributed by atoms with van der Waals surface area (Å²) in [6.45, 7) is 5.12. The van der Waals surface area contributed by atoms with Crippen molar-refractivity contribution in [2.45, 2.75) is 44.8 Å². The van der Waals surface area contributed by atoms with Gasteiger partial charge in [-0.3, -0.25) is 0 Å². The van der Waals surface area contributed by atoms with Crippen molar-refractivity contribution < 1.29 is 13.2 Å². The van der Waals surface area contributed by atoms with Crippen LogP contribution in [0.4, 0.5) is 18.9 Å². The Kier molecular flexibility index (Phi) is 4.57. The summed E-state index contributed by atoms with van der Waals surface area (Å²) in [6, 6.07) is 14.6. The predicted octanol–water partition coefficient (Wildman–Crippen LogP) is 5.79. The molecule has 4 heteroatoms. The molecule has 0 radical (unpaired) electrons. The molecule has 2 atom stereocenters. The Balaban J connectivity index is 1.79. The molecule has 0 amide bonds. The summed E-state index contributed by atoms with van der Waals surface area (Å²) in [4.78, 5) is 2.37. The molecule has 1 nitrogen and oxygen atoms in total. The van der Waals surface area contributed by atoms with Crippen LogP contribution < -0.4 is 4.90 Å². The number of piperidine rings is 1. The minimum atomic E-state index is -4.27. The van der Waals surface area contributed by atoms with E-state index in [0.29, 0.717) is 6.04 Å². The summed E-state index contributed by atoms with van der Waals surface area (Å²) >= 11 is 0. The number of aryl methyl sites for hydroxylation is 1. The van der Waals surface area contributed by atoms with E-state index in [4.69, 9.17) is 0 Å². The van der Waals surface area contributed by atoms with Crippen molar-refractivity contribution in [3.63, 3.8) is 0 Å². The Hall–Kier alpha value is -1.97. The number of nitrogens with zero attached hydrogens (tertiary/aromatic N) is 1. The molecule has 0 saturated carbocycles. The van der Waals surface area contributed by atoms with E-state index in [2.05, 4.69) is 43.0 Å². The van der Waals surface area contributed by atoms with Gasteiger partial charge in [-0.15, -0.1) is 0 Å². The van der Waals surface area contributed by atoms with Gasteiger partial charge in [0.25, 0.3) is 0 Å². The zero-order valence-electron chi connectivity index (χ0n) is 14.0. The van der Waals surface area contributed by atoms with Gasteiger partial charge in [-0.2, -0.15) is 13.2 Å². The van der Waals surface area contributed by atoms with Gasteiger partial charge in [0.2, 0.25) is 0 Å². The first-order chi connectivity index (χ1) is 11.3. The first kappa shape index (κ1) is 16.9. The molecule has 1 unspecified atom stereocenters. The van der Waals surface area contributed by atoms with Gasteiger partial charge in [-0.05, 0) is 56.5 Å². The monoisotopic (exact) mass is 333 g/mol. The van der Waals surface area contributed by atoms with E-state index in [-0.39, 0.29) is 5.92 Å². The van der Waals surface area contributed by atoms with Crippen LogP contribution in [0, 0.1) is 6.92 Å². The van der Waals surface area contributed by atoms with Crippen LogP contribution in [-0.2, 0) is 6.18 Å². The third-order valence-corrected chi connectivity index (χ3v) is 4.96. The number of anilines is 1. The first-order valence-corrected chi connectivity index (χ1v) is 8.35. The average Bonchev–Trinajstić information content (AvgIpc) is 2.56.